The van der Waals surface area contributed by atoms with E-state index in [1.54, 1.807) is 0 Å². The smallest absolute Gasteiger partial charge is 0.139 e. The minimum Gasteiger partial charge on any atom is -0.317 e. The summed E-state index contributed by atoms with van der Waals surface area (Å²) in [6.45, 7) is 9.98. The number of piperidine rings is 1. The van der Waals surface area contributed by atoms with Crippen molar-refractivity contribution in [2.45, 2.75) is 52.0 Å². The molecule has 1 aromatic heterocycles. The maximum atomic E-state index is 4.42. The first-order chi connectivity index (χ1) is 8.18. The quantitative estimate of drug-likeness (QED) is 0.869. The maximum absolute atomic E-state index is 4.42. The number of rotatable bonds is 4. The Hall–Kier alpha value is -0.900. The number of hydrogen-bond donors (Lipinski definition) is 1. The Kier molecular flexibility index (Phi) is 3.82. The van der Waals surface area contributed by atoms with Crippen LogP contribution in [0.15, 0.2) is 6.33 Å². The lowest BCUT2D eigenvalue weighted by molar-refractivity contribution is 0.269. The number of hydrogen-bond acceptors (Lipinski definition) is 3. The second kappa shape index (κ2) is 5.17. The highest BCUT2D eigenvalue weighted by Crippen LogP contribution is 2.35. The van der Waals surface area contributed by atoms with Gasteiger partial charge in [0.2, 0.25) is 0 Å². The molecule has 4 heteroatoms. The molecular formula is C13H24N4. The first-order valence-electron chi connectivity index (χ1n) is 6.77. The van der Waals surface area contributed by atoms with Crippen molar-refractivity contribution in [3.63, 3.8) is 0 Å². The van der Waals surface area contributed by atoms with Crippen molar-refractivity contribution in [2.24, 2.45) is 5.92 Å². The second-order valence-electron chi connectivity index (χ2n) is 5.58. The molecule has 0 aliphatic carbocycles. The molecule has 1 aromatic rings. The zero-order valence-corrected chi connectivity index (χ0v) is 11.2. The third-order valence-corrected chi connectivity index (χ3v) is 3.89. The summed E-state index contributed by atoms with van der Waals surface area (Å²) in [4.78, 5) is 0. The van der Waals surface area contributed by atoms with E-state index in [-0.39, 0.29) is 5.41 Å². The van der Waals surface area contributed by atoms with Gasteiger partial charge in [-0.1, -0.05) is 20.8 Å². The molecule has 1 N–H and O–H groups in total. The van der Waals surface area contributed by atoms with Gasteiger partial charge in [-0.2, -0.15) is 0 Å². The van der Waals surface area contributed by atoms with Crippen LogP contribution >= 0.6 is 0 Å². The summed E-state index contributed by atoms with van der Waals surface area (Å²) in [5.41, 5.74) is 0.247. The van der Waals surface area contributed by atoms with Crippen LogP contribution in [0.1, 0.15) is 45.9 Å². The van der Waals surface area contributed by atoms with Gasteiger partial charge in [-0.25, -0.2) is 0 Å². The standard InChI is InChI=1S/C13H24N4/c1-4-13(5-7-14-8-6-13)12-16-15-10-17(12)9-11(2)3/h10-11,14H,4-9H2,1-3H3. The molecule has 17 heavy (non-hydrogen) atoms. The highest BCUT2D eigenvalue weighted by atomic mass is 15.3. The van der Waals surface area contributed by atoms with Gasteiger partial charge in [-0.3, -0.25) is 0 Å². The SMILES string of the molecule is CCC1(c2nncn2CC(C)C)CCNCC1. The lowest BCUT2D eigenvalue weighted by Gasteiger charge is -2.36. The summed E-state index contributed by atoms with van der Waals surface area (Å²) in [6.07, 6.45) is 5.42. The lowest BCUT2D eigenvalue weighted by atomic mass is 9.76. The summed E-state index contributed by atoms with van der Waals surface area (Å²) < 4.78 is 2.26. The average molecular weight is 236 g/mol. The molecule has 0 bridgehead atoms. The third kappa shape index (κ3) is 2.51. The molecule has 2 heterocycles. The van der Waals surface area contributed by atoms with Crippen LogP contribution in [0, 0.1) is 5.92 Å². The molecule has 4 nitrogen and oxygen atoms in total. The van der Waals surface area contributed by atoms with E-state index in [9.17, 15) is 0 Å². The highest BCUT2D eigenvalue weighted by molar-refractivity contribution is 5.10. The van der Waals surface area contributed by atoms with Crippen molar-refractivity contribution in [3.05, 3.63) is 12.2 Å². The minimum atomic E-state index is 0.247. The fourth-order valence-corrected chi connectivity index (χ4v) is 2.83. The minimum absolute atomic E-state index is 0.247. The molecule has 0 unspecified atom stereocenters. The Morgan fingerprint density at radius 2 is 2.12 bits per heavy atom. The van der Waals surface area contributed by atoms with E-state index < -0.39 is 0 Å². The van der Waals surface area contributed by atoms with Crippen molar-refractivity contribution in [2.75, 3.05) is 13.1 Å². The molecule has 1 aliphatic rings. The van der Waals surface area contributed by atoms with Crippen LogP contribution < -0.4 is 5.32 Å². The fraction of sp³-hybridized carbons (Fsp3) is 0.846. The molecular weight excluding hydrogens is 212 g/mol. The van der Waals surface area contributed by atoms with Crippen LogP contribution in [-0.2, 0) is 12.0 Å². The van der Waals surface area contributed by atoms with Gasteiger partial charge in [-0.05, 0) is 38.3 Å². The highest BCUT2D eigenvalue weighted by Gasteiger charge is 2.36. The van der Waals surface area contributed by atoms with Crippen LogP contribution in [-0.4, -0.2) is 27.9 Å². The summed E-state index contributed by atoms with van der Waals surface area (Å²) in [7, 11) is 0. The zero-order valence-electron chi connectivity index (χ0n) is 11.2. The molecule has 0 aromatic carbocycles. The van der Waals surface area contributed by atoms with E-state index >= 15 is 0 Å². The summed E-state index contributed by atoms with van der Waals surface area (Å²) in [6, 6.07) is 0. The van der Waals surface area contributed by atoms with Crippen LogP contribution in [0.25, 0.3) is 0 Å². The predicted molar refractivity (Wildman–Crippen MR) is 68.9 cm³/mol. The van der Waals surface area contributed by atoms with Gasteiger partial charge < -0.3 is 9.88 Å². The number of nitrogens with zero attached hydrogens (tertiary/aromatic N) is 3. The van der Waals surface area contributed by atoms with E-state index in [1.165, 1.54) is 18.7 Å². The van der Waals surface area contributed by atoms with E-state index in [0.717, 1.165) is 26.1 Å². The molecule has 96 valence electrons. The molecule has 0 amide bonds. The second-order valence-corrected chi connectivity index (χ2v) is 5.58. The monoisotopic (exact) mass is 236 g/mol. The van der Waals surface area contributed by atoms with E-state index in [4.69, 9.17) is 0 Å². The van der Waals surface area contributed by atoms with Gasteiger partial charge in [0.1, 0.15) is 12.2 Å². The van der Waals surface area contributed by atoms with Crippen molar-refractivity contribution in [3.8, 4) is 0 Å². The molecule has 0 saturated carbocycles. The van der Waals surface area contributed by atoms with E-state index in [1.807, 2.05) is 6.33 Å². The topological polar surface area (TPSA) is 42.7 Å². The van der Waals surface area contributed by atoms with Gasteiger partial charge in [0.25, 0.3) is 0 Å². The van der Waals surface area contributed by atoms with Crippen LogP contribution in [0.2, 0.25) is 0 Å². The first-order valence-corrected chi connectivity index (χ1v) is 6.77. The van der Waals surface area contributed by atoms with Crippen molar-refractivity contribution < 1.29 is 0 Å². The summed E-state index contributed by atoms with van der Waals surface area (Å²) in [5, 5.41) is 12.0. The average Bonchev–Trinajstić information content (AvgIpc) is 2.78. The first kappa shape index (κ1) is 12.6. The molecule has 1 aliphatic heterocycles. The Labute approximate surface area is 104 Å². The van der Waals surface area contributed by atoms with Crippen molar-refractivity contribution in [1.29, 1.82) is 0 Å². The number of aromatic nitrogens is 3. The summed E-state index contributed by atoms with van der Waals surface area (Å²) in [5.74, 6) is 1.84. The molecule has 0 atom stereocenters. The van der Waals surface area contributed by atoms with Crippen LogP contribution in [0.4, 0.5) is 0 Å². The third-order valence-electron chi connectivity index (χ3n) is 3.89. The van der Waals surface area contributed by atoms with Gasteiger partial charge in [0, 0.05) is 12.0 Å². The largest absolute Gasteiger partial charge is 0.317 e. The number of nitrogens with one attached hydrogen (secondary N) is 1. The maximum Gasteiger partial charge on any atom is 0.139 e. The van der Waals surface area contributed by atoms with Gasteiger partial charge in [0.15, 0.2) is 0 Å². The van der Waals surface area contributed by atoms with Crippen molar-refractivity contribution >= 4 is 0 Å². The Balaban J connectivity index is 2.26. The van der Waals surface area contributed by atoms with Gasteiger partial charge in [0.05, 0.1) is 0 Å². The van der Waals surface area contributed by atoms with Gasteiger partial charge in [-0.15, -0.1) is 10.2 Å². The van der Waals surface area contributed by atoms with Gasteiger partial charge >= 0.3 is 0 Å². The Morgan fingerprint density at radius 1 is 1.41 bits per heavy atom. The molecule has 2 rings (SSSR count). The zero-order chi connectivity index (χ0) is 12.3. The van der Waals surface area contributed by atoms with Crippen molar-refractivity contribution in [1.82, 2.24) is 20.1 Å². The Morgan fingerprint density at radius 3 is 2.71 bits per heavy atom. The molecule has 0 radical (unpaired) electrons. The predicted octanol–water partition coefficient (Wildman–Crippen LogP) is 1.97. The van der Waals surface area contributed by atoms with Crippen LogP contribution in [0.5, 0.6) is 0 Å². The molecule has 1 fully saturated rings. The fourth-order valence-electron chi connectivity index (χ4n) is 2.83. The normalized spacial score (nSPS) is 19.8. The van der Waals surface area contributed by atoms with E-state index in [2.05, 4.69) is 40.9 Å². The molecule has 0 spiro atoms. The Bertz CT molecular complexity index is 350. The van der Waals surface area contributed by atoms with E-state index in [0.29, 0.717) is 5.92 Å². The lowest BCUT2D eigenvalue weighted by Crippen LogP contribution is -2.41. The van der Waals surface area contributed by atoms with Crippen LogP contribution in [0.3, 0.4) is 0 Å². The summed E-state index contributed by atoms with van der Waals surface area (Å²) >= 11 is 0. The molecule has 1 saturated heterocycles.